The molecule has 0 amide bonds. The van der Waals surface area contributed by atoms with Gasteiger partial charge in [-0.25, -0.2) is 0 Å². The van der Waals surface area contributed by atoms with E-state index < -0.39 is 0 Å². The van der Waals surface area contributed by atoms with Crippen molar-refractivity contribution in [2.45, 2.75) is 45.7 Å². The Bertz CT molecular complexity index is 177. The molecular weight excluding hydrogens is 172 g/mol. The van der Waals surface area contributed by atoms with Gasteiger partial charge in [-0.15, -0.1) is 0 Å². The van der Waals surface area contributed by atoms with Gasteiger partial charge in [-0.05, 0) is 38.1 Å². The largest absolute Gasteiger partial charge is 0.312 e. The predicted molar refractivity (Wildman–Crippen MR) is 60.4 cm³/mol. The zero-order valence-corrected chi connectivity index (χ0v) is 9.79. The second-order valence-electron chi connectivity index (χ2n) is 5.40. The normalized spacial score (nSPS) is 36.0. The molecule has 3 atom stereocenters. The maximum Gasteiger partial charge on any atom is 0.0235 e. The van der Waals surface area contributed by atoms with Crippen molar-refractivity contribution >= 4 is 0 Å². The Balaban J connectivity index is 1.92. The average molecular weight is 196 g/mol. The van der Waals surface area contributed by atoms with Gasteiger partial charge >= 0.3 is 0 Å². The third-order valence-corrected chi connectivity index (χ3v) is 4.17. The number of nitrogens with one attached hydrogen (secondary N) is 1. The first kappa shape index (κ1) is 10.4. The lowest BCUT2D eigenvalue weighted by Gasteiger charge is -2.27. The molecule has 0 aromatic carbocycles. The molecule has 1 unspecified atom stereocenters. The molecule has 0 saturated carbocycles. The van der Waals surface area contributed by atoms with Crippen LogP contribution >= 0.6 is 0 Å². The molecule has 2 aliphatic heterocycles. The Kier molecular flexibility index (Phi) is 3.13. The first-order chi connectivity index (χ1) is 6.68. The van der Waals surface area contributed by atoms with Crippen LogP contribution in [0.4, 0.5) is 0 Å². The molecular formula is C12H24N2. The number of nitrogens with zero attached hydrogens (tertiary/aromatic N) is 1. The van der Waals surface area contributed by atoms with Gasteiger partial charge in [0.1, 0.15) is 0 Å². The fraction of sp³-hybridized carbons (Fsp3) is 1.00. The molecule has 2 saturated heterocycles. The highest BCUT2D eigenvalue weighted by Crippen LogP contribution is 2.27. The molecule has 2 fully saturated rings. The SMILES string of the molecule is CC(C)C(C)N1C[C@@H]2CCCN[C@@H]2C1. The van der Waals surface area contributed by atoms with Crippen molar-refractivity contribution in [3.05, 3.63) is 0 Å². The highest BCUT2D eigenvalue weighted by atomic mass is 15.2. The lowest BCUT2D eigenvalue weighted by Crippen LogP contribution is -2.41. The monoisotopic (exact) mass is 196 g/mol. The Hall–Kier alpha value is -0.0800. The van der Waals surface area contributed by atoms with E-state index in [1.807, 2.05) is 0 Å². The lowest BCUT2D eigenvalue weighted by molar-refractivity contribution is 0.199. The van der Waals surface area contributed by atoms with Gasteiger partial charge in [-0.3, -0.25) is 4.90 Å². The minimum absolute atomic E-state index is 0.752. The van der Waals surface area contributed by atoms with Gasteiger partial charge < -0.3 is 5.32 Å². The predicted octanol–water partition coefficient (Wildman–Crippen LogP) is 1.71. The molecule has 0 radical (unpaired) electrons. The highest BCUT2D eigenvalue weighted by molar-refractivity contribution is 4.93. The fourth-order valence-corrected chi connectivity index (χ4v) is 2.83. The minimum Gasteiger partial charge on any atom is -0.312 e. The lowest BCUT2D eigenvalue weighted by atomic mass is 9.94. The molecule has 2 heterocycles. The summed E-state index contributed by atoms with van der Waals surface area (Å²) in [5.74, 6) is 1.72. The molecule has 2 heteroatoms. The molecule has 1 N–H and O–H groups in total. The second-order valence-corrected chi connectivity index (χ2v) is 5.40. The van der Waals surface area contributed by atoms with Gasteiger partial charge in [-0.2, -0.15) is 0 Å². The Morgan fingerprint density at radius 3 is 2.64 bits per heavy atom. The summed E-state index contributed by atoms with van der Waals surface area (Å²) in [5, 5.41) is 3.66. The van der Waals surface area contributed by atoms with E-state index in [4.69, 9.17) is 0 Å². The van der Waals surface area contributed by atoms with Crippen molar-refractivity contribution in [1.29, 1.82) is 0 Å². The first-order valence-electron chi connectivity index (χ1n) is 6.16. The van der Waals surface area contributed by atoms with E-state index in [1.165, 1.54) is 32.5 Å². The molecule has 0 aliphatic carbocycles. The molecule has 2 aliphatic rings. The van der Waals surface area contributed by atoms with Crippen LogP contribution in [0.3, 0.4) is 0 Å². The van der Waals surface area contributed by atoms with Gasteiger partial charge in [0.25, 0.3) is 0 Å². The summed E-state index contributed by atoms with van der Waals surface area (Å²) in [6, 6.07) is 1.55. The molecule has 14 heavy (non-hydrogen) atoms. The van der Waals surface area contributed by atoms with Crippen LogP contribution in [0, 0.1) is 11.8 Å². The maximum absolute atomic E-state index is 3.66. The van der Waals surface area contributed by atoms with Crippen molar-refractivity contribution in [1.82, 2.24) is 10.2 Å². The van der Waals surface area contributed by atoms with E-state index in [-0.39, 0.29) is 0 Å². The molecule has 0 spiro atoms. The highest BCUT2D eigenvalue weighted by Gasteiger charge is 2.36. The second kappa shape index (κ2) is 4.19. The number of rotatable bonds is 2. The van der Waals surface area contributed by atoms with Crippen molar-refractivity contribution in [3.63, 3.8) is 0 Å². The summed E-state index contributed by atoms with van der Waals surface area (Å²) >= 11 is 0. The molecule has 2 rings (SSSR count). The Morgan fingerprint density at radius 2 is 2.00 bits per heavy atom. The van der Waals surface area contributed by atoms with Crippen LogP contribution in [-0.2, 0) is 0 Å². The van der Waals surface area contributed by atoms with E-state index in [0.717, 1.165) is 23.9 Å². The molecule has 82 valence electrons. The van der Waals surface area contributed by atoms with Crippen LogP contribution in [0.2, 0.25) is 0 Å². The number of fused-ring (bicyclic) bond motifs is 1. The smallest absolute Gasteiger partial charge is 0.0235 e. The summed E-state index contributed by atoms with van der Waals surface area (Å²) in [7, 11) is 0. The van der Waals surface area contributed by atoms with Gasteiger partial charge in [0.05, 0.1) is 0 Å². The van der Waals surface area contributed by atoms with Crippen molar-refractivity contribution in [2.24, 2.45) is 11.8 Å². The van der Waals surface area contributed by atoms with Crippen LogP contribution in [0.1, 0.15) is 33.6 Å². The van der Waals surface area contributed by atoms with Crippen LogP contribution in [0.25, 0.3) is 0 Å². The molecule has 0 bridgehead atoms. The average Bonchev–Trinajstić information content (AvgIpc) is 2.59. The van der Waals surface area contributed by atoms with Crippen LogP contribution in [0.5, 0.6) is 0 Å². The summed E-state index contributed by atoms with van der Waals surface area (Å²) in [4.78, 5) is 2.68. The Morgan fingerprint density at radius 1 is 1.21 bits per heavy atom. The molecule has 0 aromatic rings. The van der Waals surface area contributed by atoms with Gasteiger partial charge in [0, 0.05) is 25.2 Å². The summed E-state index contributed by atoms with van der Waals surface area (Å²) in [6.07, 6.45) is 2.82. The third-order valence-electron chi connectivity index (χ3n) is 4.17. The first-order valence-corrected chi connectivity index (χ1v) is 6.16. The van der Waals surface area contributed by atoms with Crippen LogP contribution in [-0.4, -0.2) is 36.6 Å². The van der Waals surface area contributed by atoms with E-state index in [2.05, 4.69) is 31.0 Å². The van der Waals surface area contributed by atoms with Gasteiger partial charge in [0.15, 0.2) is 0 Å². The van der Waals surface area contributed by atoms with E-state index in [9.17, 15) is 0 Å². The zero-order valence-electron chi connectivity index (χ0n) is 9.79. The van der Waals surface area contributed by atoms with Crippen molar-refractivity contribution in [2.75, 3.05) is 19.6 Å². The summed E-state index contributed by atoms with van der Waals surface area (Å²) in [6.45, 7) is 10.9. The van der Waals surface area contributed by atoms with Gasteiger partial charge in [0.2, 0.25) is 0 Å². The fourth-order valence-electron chi connectivity index (χ4n) is 2.83. The minimum atomic E-state index is 0.752. The number of hydrogen-bond acceptors (Lipinski definition) is 2. The zero-order chi connectivity index (χ0) is 10.1. The number of piperidine rings is 1. The third kappa shape index (κ3) is 1.96. The van der Waals surface area contributed by atoms with E-state index in [1.54, 1.807) is 0 Å². The number of hydrogen-bond donors (Lipinski definition) is 1. The van der Waals surface area contributed by atoms with E-state index >= 15 is 0 Å². The van der Waals surface area contributed by atoms with Crippen LogP contribution in [0.15, 0.2) is 0 Å². The standard InChI is InChI=1S/C12H24N2/c1-9(2)10(3)14-7-11-5-4-6-13-12(11)8-14/h9-13H,4-8H2,1-3H3/t10?,11-,12+/m0/s1. The summed E-state index contributed by atoms with van der Waals surface area (Å²) < 4.78 is 0. The summed E-state index contributed by atoms with van der Waals surface area (Å²) in [5.41, 5.74) is 0. The van der Waals surface area contributed by atoms with Gasteiger partial charge in [-0.1, -0.05) is 13.8 Å². The topological polar surface area (TPSA) is 15.3 Å². The van der Waals surface area contributed by atoms with Crippen LogP contribution < -0.4 is 5.32 Å². The number of likely N-dealkylation sites (tertiary alicyclic amines) is 1. The van der Waals surface area contributed by atoms with E-state index in [0.29, 0.717) is 0 Å². The molecule has 0 aromatic heterocycles. The van der Waals surface area contributed by atoms with Crippen molar-refractivity contribution in [3.8, 4) is 0 Å². The maximum atomic E-state index is 3.66. The quantitative estimate of drug-likeness (QED) is 0.723. The van der Waals surface area contributed by atoms with Crippen molar-refractivity contribution < 1.29 is 0 Å². The Labute approximate surface area is 88.1 Å². The molecule has 2 nitrogen and oxygen atoms in total.